The Morgan fingerprint density at radius 1 is 1.50 bits per heavy atom. The maximum Gasteiger partial charge on any atom is 0.0823 e. The molecule has 1 unspecified atom stereocenters. The standard InChI is InChI=1S/C5H12N2Si/c1-8(2,3)5(7)4-6/h5H,7H2,1-3H3. The summed E-state index contributed by atoms with van der Waals surface area (Å²) in [4.78, 5) is 0. The first-order valence-corrected chi connectivity index (χ1v) is 6.21. The maximum absolute atomic E-state index is 8.33. The minimum Gasteiger partial charge on any atom is -0.319 e. The summed E-state index contributed by atoms with van der Waals surface area (Å²) in [6.45, 7) is 6.25. The molecular weight excluding hydrogens is 116 g/mol. The average Bonchev–Trinajstić information content (AvgIpc) is 1.62. The van der Waals surface area contributed by atoms with E-state index in [1.807, 2.05) is 6.07 Å². The Kier molecular flexibility index (Phi) is 2.20. The van der Waals surface area contributed by atoms with Gasteiger partial charge in [-0.25, -0.2) is 0 Å². The topological polar surface area (TPSA) is 49.8 Å². The van der Waals surface area contributed by atoms with Crippen LogP contribution in [-0.2, 0) is 0 Å². The molecule has 3 heteroatoms. The van der Waals surface area contributed by atoms with Crippen LogP contribution in [0.4, 0.5) is 0 Å². The van der Waals surface area contributed by atoms with Crippen molar-refractivity contribution < 1.29 is 0 Å². The Labute approximate surface area is 51.3 Å². The Morgan fingerprint density at radius 3 is 1.88 bits per heavy atom. The van der Waals surface area contributed by atoms with E-state index in [1.54, 1.807) is 0 Å². The highest BCUT2D eigenvalue weighted by molar-refractivity contribution is 6.78. The lowest BCUT2D eigenvalue weighted by molar-refractivity contribution is 1.09. The second-order valence-corrected chi connectivity index (χ2v) is 8.33. The number of rotatable bonds is 1. The SMILES string of the molecule is C[Si](C)(C)C(N)C#N. The van der Waals surface area contributed by atoms with Crippen molar-refractivity contribution in [1.29, 1.82) is 5.26 Å². The van der Waals surface area contributed by atoms with E-state index in [0.29, 0.717) is 0 Å². The minimum atomic E-state index is -1.34. The van der Waals surface area contributed by atoms with Crippen LogP contribution >= 0.6 is 0 Å². The molecule has 0 bridgehead atoms. The van der Waals surface area contributed by atoms with E-state index in [4.69, 9.17) is 11.0 Å². The van der Waals surface area contributed by atoms with E-state index < -0.39 is 8.07 Å². The van der Waals surface area contributed by atoms with Crippen LogP contribution in [0, 0.1) is 11.3 Å². The van der Waals surface area contributed by atoms with Crippen LogP contribution in [0.15, 0.2) is 0 Å². The Morgan fingerprint density at radius 2 is 1.88 bits per heavy atom. The highest BCUT2D eigenvalue weighted by atomic mass is 28.3. The molecule has 0 aliphatic heterocycles. The van der Waals surface area contributed by atoms with E-state index in [9.17, 15) is 0 Å². The zero-order valence-electron chi connectivity index (χ0n) is 5.60. The summed E-state index contributed by atoms with van der Waals surface area (Å²) >= 11 is 0. The predicted molar refractivity (Wildman–Crippen MR) is 36.9 cm³/mol. The minimum absolute atomic E-state index is 0.206. The highest BCUT2D eigenvalue weighted by Crippen LogP contribution is 2.02. The van der Waals surface area contributed by atoms with Crippen molar-refractivity contribution in [3.8, 4) is 6.07 Å². The monoisotopic (exact) mass is 128 g/mol. The fourth-order valence-corrected chi connectivity index (χ4v) is 0.581. The third-order valence-electron chi connectivity index (χ3n) is 1.07. The summed E-state index contributed by atoms with van der Waals surface area (Å²) in [6.07, 6.45) is 0. The molecule has 0 aliphatic carbocycles. The van der Waals surface area contributed by atoms with Gasteiger partial charge in [-0.1, -0.05) is 19.6 Å². The molecule has 2 nitrogen and oxygen atoms in total. The highest BCUT2D eigenvalue weighted by Gasteiger charge is 2.21. The van der Waals surface area contributed by atoms with Gasteiger partial charge in [-0.2, -0.15) is 5.26 Å². The molecule has 0 saturated heterocycles. The zero-order valence-corrected chi connectivity index (χ0v) is 6.60. The van der Waals surface area contributed by atoms with Crippen LogP contribution in [0.1, 0.15) is 0 Å². The van der Waals surface area contributed by atoms with Gasteiger partial charge in [0, 0.05) is 0 Å². The average molecular weight is 128 g/mol. The molecule has 8 heavy (non-hydrogen) atoms. The molecule has 0 heterocycles. The largest absolute Gasteiger partial charge is 0.319 e. The Hall–Kier alpha value is -0.333. The van der Waals surface area contributed by atoms with Crippen LogP contribution in [-0.4, -0.2) is 13.7 Å². The van der Waals surface area contributed by atoms with Gasteiger partial charge < -0.3 is 5.73 Å². The van der Waals surface area contributed by atoms with Crippen molar-refractivity contribution >= 4 is 8.07 Å². The van der Waals surface area contributed by atoms with Crippen LogP contribution in [0.2, 0.25) is 19.6 Å². The molecule has 0 aliphatic rings. The fraction of sp³-hybridized carbons (Fsp3) is 0.800. The maximum atomic E-state index is 8.33. The molecule has 1 atom stereocenters. The predicted octanol–water partition coefficient (Wildman–Crippen LogP) is 0.715. The summed E-state index contributed by atoms with van der Waals surface area (Å²) in [7, 11) is -1.34. The summed E-state index contributed by atoms with van der Waals surface area (Å²) < 4.78 is 0. The Bertz CT molecular complexity index is 109. The first-order chi connectivity index (χ1) is 3.48. The third kappa shape index (κ3) is 2.10. The van der Waals surface area contributed by atoms with Crippen LogP contribution < -0.4 is 5.73 Å². The van der Waals surface area contributed by atoms with Crippen LogP contribution in [0.5, 0.6) is 0 Å². The van der Waals surface area contributed by atoms with E-state index in [1.165, 1.54) is 0 Å². The zero-order chi connectivity index (χ0) is 6.78. The van der Waals surface area contributed by atoms with Gasteiger partial charge in [-0.3, -0.25) is 0 Å². The van der Waals surface area contributed by atoms with Crippen LogP contribution in [0.3, 0.4) is 0 Å². The normalized spacial score (nSPS) is 14.9. The summed E-state index contributed by atoms with van der Waals surface area (Å²) in [5.74, 6) is 0. The molecule has 0 amide bonds. The van der Waals surface area contributed by atoms with Crippen molar-refractivity contribution in [2.45, 2.75) is 25.3 Å². The van der Waals surface area contributed by atoms with E-state index in [2.05, 4.69) is 19.6 Å². The number of nitrogens with two attached hydrogens (primary N) is 1. The van der Waals surface area contributed by atoms with Gasteiger partial charge in [0.15, 0.2) is 0 Å². The third-order valence-corrected chi connectivity index (χ3v) is 3.07. The quantitative estimate of drug-likeness (QED) is 0.529. The number of hydrogen-bond acceptors (Lipinski definition) is 2. The Balaban J connectivity index is 3.87. The molecule has 0 spiro atoms. The van der Waals surface area contributed by atoms with Crippen molar-refractivity contribution in [2.24, 2.45) is 5.73 Å². The van der Waals surface area contributed by atoms with Gasteiger partial charge in [-0.15, -0.1) is 0 Å². The molecule has 0 fully saturated rings. The number of nitrogens with zero attached hydrogens (tertiary/aromatic N) is 1. The van der Waals surface area contributed by atoms with Crippen molar-refractivity contribution in [2.75, 3.05) is 0 Å². The van der Waals surface area contributed by atoms with Gasteiger partial charge in [-0.05, 0) is 0 Å². The molecule has 0 rings (SSSR count). The first-order valence-electron chi connectivity index (χ1n) is 2.63. The number of nitriles is 1. The molecule has 0 aromatic carbocycles. The van der Waals surface area contributed by atoms with Gasteiger partial charge in [0.25, 0.3) is 0 Å². The molecule has 2 N–H and O–H groups in total. The number of hydrogen-bond donors (Lipinski definition) is 1. The van der Waals surface area contributed by atoms with Gasteiger partial charge in [0.1, 0.15) is 0 Å². The second kappa shape index (κ2) is 2.29. The lowest BCUT2D eigenvalue weighted by Crippen LogP contribution is -2.43. The first kappa shape index (κ1) is 7.67. The molecular formula is C5H12N2Si. The van der Waals surface area contributed by atoms with Crippen molar-refractivity contribution in [3.63, 3.8) is 0 Å². The second-order valence-electron chi connectivity index (χ2n) is 2.97. The van der Waals surface area contributed by atoms with Gasteiger partial charge >= 0.3 is 0 Å². The van der Waals surface area contributed by atoms with E-state index in [0.717, 1.165) is 0 Å². The van der Waals surface area contributed by atoms with Crippen LogP contribution in [0.25, 0.3) is 0 Å². The molecule has 0 radical (unpaired) electrons. The summed E-state index contributed by atoms with van der Waals surface area (Å²) in [5, 5.41) is 8.33. The molecule has 0 aromatic heterocycles. The lowest BCUT2D eigenvalue weighted by atomic mass is 10.8. The van der Waals surface area contributed by atoms with Crippen molar-refractivity contribution in [1.82, 2.24) is 0 Å². The van der Waals surface area contributed by atoms with Crippen molar-refractivity contribution in [3.05, 3.63) is 0 Å². The fourth-order valence-electron chi connectivity index (χ4n) is 0.194. The lowest BCUT2D eigenvalue weighted by Gasteiger charge is -2.16. The van der Waals surface area contributed by atoms with Gasteiger partial charge in [0.2, 0.25) is 0 Å². The van der Waals surface area contributed by atoms with Gasteiger partial charge in [0.05, 0.1) is 19.8 Å². The van der Waals surface area contributed by atoms with E-state index in [-0.39, 0.29) is 5.67 Å². The smallest absolute Gasteiger partial charge is 0.0823 e. The van der Waals surface area contributed by atoms with E-state index >= 15 is 0 Å². The molecule has 0 aromatic rings. The molecule has 46 valence electrons. The molecule has 0 saturated carbocycles. The summed E-state index contributed by atoms with van der Waals surface area (Å²) in [6, 6.07) is 2.04. The summed E-state index contributed by atoms with van der Waals surface area (Å²) in [5.41, 5.74) is 5.24.